The molecular formula is C21H25N3O3S. The molecule has 0 spiro atoms. The van der Waals surface area contributed by atoms with E-state index in [9.17, 15) is 8.42 Å². The Balaban J connectivity index is 1.77. The number of aliphatic imine (C=N–C) groups is 1. The van der Waals surface area contributed by atoms with Crippen LogP contribution in [0.15, 0.2) is 41.4 Å². The summed E-state index contributed by atoms with van der Waals surface area (Å²) < 4.78 is 31.7. The molecule has 0 saturated carbocycles. The summed E-state index contributed by atoms with van der Waals surface area (Å²) in [6, 6.07) is 12.1. The number of aryl methyl sites for hydroxylation is 2. The first-order valence-corrected chi connectivity index (χ1v) is 11.3. The maximum atomic E-state index is 12.0. The van der Waals surface area contributed by atoms with Gasteiger partial charge in [-0.3, -0.25) is 0 Å². The third-order valence-corrected chi connectivity index (χ3v) is 6.46. The van der Waals surface area contributed by atoms with Crippen LogP contribution in [-0.4, -0.2) is 55.9 Å². The summed E-state index contributed by atoms with van der Waals surface area (Å²) in [6.07, 6.45) is 2.03. The molecule has 0 N–H and O–H groups in total. The van der Waals surface area contributed by atoms with E-state index < -0.39 is 10.0 Å². The standard InChI is InChI=1S/C21H25N3O3S/c1-15-6-8-19-17(13-15)21(22-18-7-5-16(2)14-20(18)27-19)23-9-4-10-24(12-11-23)28(3,25)26/h5-8,13-14H,4,9-12H2,1-3H3. The Morgan fingerprint density at radius 3 is 2.46 bits per heavy atom. The highest BCUT2D eigenvalue weighted by Crippen LogP contribution is 2.39. The van der Waals surface area contributed by atoms with Crippen molar-refractivity contribution in [1.29, 1.82) is 0 Å². The van der Waals surface area contributed by atoms with E-state index >= 15 is 0 Å². The van der Waals surface area contributed by atoms with Gasteiger partial charge in [0.2, 0.25) is 10.0 Å². The molecule has 1 saturated heterocycles. The van der Waals surface area contributed by atoms with Gasteiger partial charge in [0.15, 0.2) is 5.75 Å². The Hall–Kier alpha value is -2.38. The topological polar surface area (TPSA) is 62.2 Å². The van der Waals surface area contributed by atoms with Crippen molar-refractivity contribution in [3.8, 4) is 11.5 Å². The highest BCUT2D eigenvalue weighted by Gasteiger charge is 2.27. The molecule has 148 valence electrons. The van der Waals surface area contributed by atoms with Gasteiger partial charge in [0.25, 0.3) is 0 Å². The highest BCUT2D eigenvalue weighted by atomic mass is 32.2. The molecule has 0 bridgehead atoms. The van der Waals surface area contributed by atoms with Crippen LogP contribution in [-0.2, 0) is 10.0 Å². The number of rotatable bonds is 1. The van der Waals surface area contributed by atoms with Gasteiger partial charge in [0, 0.05) is 26.2 Å². The number of sulfonamides is 1. The fraction of sp³-hybridized carbons (Fsp3) is 0.381. The van der Waals surface area contributed by atoms with E-state index in [4.69, 9.17) is 9.73 Å². The van der Waals surface area contributed by atoms with E-state index in [0.29, 0.717) is 19.6 Å². The number of hydrogen-bond acceptors (Lipinski definition) is 5. The van der Waals surface area contributed by atoms with Gasteiger partial charge in [-0.15, -0.1) is 0 Å². The third-order valence-electron chi connectivity index (χ3n) is 5.16. The first-order valence-electron chi connectivity index (χ1n) is 9.49. The molecule has 0 aromatic heterocycles. The Morgan fingerprint density at radius 1 is 0.929 bits per heavy atom. The summed E-state index contributed by atoms with van der Waals surface area (Å²) >= 11 is 0. The third kappa shape index (κ3) is 3.77. The Labute approximate surface area is 166 Å². The second-order valence-corrected chi connectivity index (χ2v) is 9.49. The number of hydrogen-bond donors (Lipinski definition) is 0. The lowest BCUT2D eigenvalue weighted by Gasteiger charge is -2.25. The molecule has 0 unspecified atom stereocenters. The van der Waals surface area contributed by atoms with Crippen molar-refractivity contribution in [2.45, 2.75) is 20.3 Å². The number of ether oxygens (including phenoxy) is 1. The lowest BCUT2D eigenvalue weighted by atomic mass is 10.1. The number of nitrogens with zero attached hydrogens (tertiary/aromatic N) is 3. The SMILES string of the molecule is Cc1ccc2c(c1)Oc1ccc(C)cc1C(N1CCCN(S(C)(=O)=O)CC1)=N2. The van der Waals surface area contributed by atoms with Gasteiger partial charge in [0.05, 0.1) is 11.8 Å². The van der Waals surface area contributed by atoms with Crippen LogP contribution in [0.25, 0.3) is 0 Å². The smallest absolute Gasteiger partial charge is 0.211 e. The largest absolute Gasteiger partial charge is 0.454 e. The minimum atomic E-state index is -3.19. The van der Waals surface area contributed by atoms with Crippen molar-refractivity contribution in [3.63, 3.8) is 0 Å². The maximum Gasteiger partial charge on any atom is 0.211 e. The van der Waals surface area contributed by atoms with E-state index in [2.05, 4.69) is 11.0 Å². The molecular weight excluding hydrogens is 374 g/mol. The van der Waals surface area contributed by atoms with E-state index in [1.807, 2.05) is 44.2 Å². The number of fused-ring (bicyclic) bond motifs is 2. The molecule has 2 aliphatic rings. The quantitative estimate of drug-likeness (QED) is 0.737. The minimum absolute atomic E-state index is 0.459. The predicted molar refractivity (Wildman–Crippen MR) is 111 cm³/mol. The number of amidine groups is 1. The van der Waals surface area contributed by atoms with Gasteiger partial charge >= 0.3 is 0 Å². The maximum absolute atomic E-state index is 12.0. The molecule has 2 heterocycles. The first kappa shape index (κ1) is 19.0. The van der Waals surface area contributed by atoms with Crippen molar-refractivity contribution in [1.82, 2.24) is 9.21 Å². The Bertz CT molecular complexity index is 1050. The lowest BCUT2D eigenvalue weighted by molar-refractivity contribution is 0.410. The van der Waals surface area contributed by atoms with E-state index in [1.54, 1.807) is 4.31 Å². The molecule has 0 amide bonds. The van der Waals surface area contributed by atoms with Crippen molar-refractivity contribution in [2.24, 2.45) is 4.99 Å². The fourth-order valence-corrected chi connectivity index (χ4v) is 4.55. The number of benzene rings is 2. The lowest BCUT2D eigenvalue weighted by Crippen LogP contribution is -2.37. The van der Waals surface area contributed by atoms with Gasteiger partial charge in [-0.2, -0.15) is 0 Å². The van der Waals surface area contributed by atoms with Crippen LogP contribution in [0, 0.1) is 13.8 Å². The van der Waals surface area contributed by atoms with Crippen LogP contribution in [0.3, 0.4) is 0 Å². The molecule has 2 aliphatic heterocycles. The Kier molecular flexibility index (Phi) is 4.89. The molecule has 28 heavy (non-hydrogen) atoms. The van der Waals surface area contributed by atoms with Crippen LogP contribution < -0.4 is 4.74 Å². The van der Waals surface area contributed by atoms with Gasteiger partial charge in [-0.25, -0.2) is 17.7 Å². The zero-order valence-corrected chi connectivity index (χ0v) is 17.3. The summed E-state index contributed by atoms with van der Waals surface area (Å²) in [4.78, 5) is 7.15. The fourth-order valence-electron chi connectivity index (χ4n) is 3.67. The van der Waals surface area contributed by atoms with Gasteiger partial charge < -0.3 is 9.64 Å². The van der Waals surface area contributed by atoms with Crippen LogP contribution in [0.4, 0.5) is 5.69 Å². The molecule has 4 rings (SSSR count). The van der Waals surface area contributed by atoms with Crippen molar-refractivity contribution in [2.75, 3.05) is 32.4 Å². The van der Waals surface area contributed by atoms with E-state index in [-0.39, 0.29) is 0 Å². The average molecular weight is 400 g/mol. The highest BCUT2D eigenvalue weighted by molar-refractivity contribution is 7.88. The monoisotopic (exact) mass is 399 g/mol. The molecule has 0 aliphatic carbocycles. The first-order chi connectivity index (χ1) is 13.3. The average Bonchev–Trinajstić information content (AvgIpc) is 2.96. The van der Waals surface area contributed by atoms with Crippen LogP contribution in [0.1, 0.15) is 23.1 Å². The summed E-state index contributed by atoms with van der Waals surface area (Å²) in [5.41, 5.74) is 3.98. The molecule has 7 heteroatoms. The van der Waals surface area contributed by atoms with Crippen molar-refractivity contribution < 1.29 is 13.2 Å². The predicted octanol–water partition coefficient (Wildman–Crippen LogP) is 3.45. The molecule has 0 radical (unpaired) electrons. The van der Waals surface area contributed by atoms with Gasteiger partial charge in [-0.1, -0.05) is 17.7 Å². The van der Waals surface area contributed by atoms with Crippen LogP contribution in [0.5, 0.6) is 11.5 Å². The Morgan fingerprint density at radius 2 is 1.68 bits per heavy atom. The molecule has 6 nitrogen and oxygen atoms in total. The zero-order valence-electron chi connectivity index (χ0n) is 16.5. The summed E-state index contributed by atoms with van der Waals surface area (Å²) in [5, 5.41) is 0. The van der Waals surface area contributed by atoms with E-state index in [1.165, 1.54) is 6.26 Å². The van der Waals surface area contributed by atoms with Crippen LogP contribution in [0.2, 0.25) is 0 Å². The van der Waals surface area contributed by atoms with Gasteiger partial charge in [-0.05, 0) is 50.1 Å². The molecule has 1 fully saturated rings. The van der Waals surface area contributed by atoms with Crippen LogP contribution >= 0.6 is 0 Å². The normalized spacial score (nSPS) is 17.7. The molecule has 2 aromatic rings. The summed E-state index contributed by atoms with van der Waals surface area (Å²) in [7, 11) is -3.19. The minimum Gasteiger partial charge on any atom is -0.454 e. The molecule has 2 aromatic carbocycles. The zero-order chi connectivity index (χ0) is 19.9. The van der Waals surface area contributed by atoms with Crippen molar-refractivity contribution >= 4 is 21.5 Å². The summed E-state index contributed by atoms with van der Waals surface area (Å²) in [5.74, 6) is 2.36. The van der Waals surface area contributed by atoms with Crippen molar-refractivity contribution in [3.05, 3.63) is 53.1 Å². The van der Waals surface area contributed by atoms with Gasteiger partial charge in [0.1, 0.15) is 17.3 Å². The van der Waals surface area contributed by atoms with E-state index in [0.717, 1.165) is 52.7 Å². The molecule has 0 atom stereocenters. The second-order valence-electron chi connectivity index (χ2n) is 7.51. The summed E-state index contributed by atoms with van der Waals surface area (Å²) in [6.45, 7) is 6.42. The second kappa shape index (κ2) is 7.22.